The molecule has 194 valence electrons. The van der Waals surface area contributed by atoms with E-state index in [2.05, 4.69) is 125 Å². The molecule has 0 amide bonds. The van der Waals surface area contributed by atoms with Crippen LogP contribution in [0.15, 0.2) is 100 Å². The zero-order valence-electron chi connectivity index (χ0n) is 22.7. The summed E-state index contributed by atoms with van der Waals surface area (Å²) in [6.07, 6.45) is 8.98. The van der Waals surface area contributed by atoms with Gasteiger partial charge in [0.15, 0.2) is 0 Å². The van der Waals surface area contributed by atoms with Gasteiger partial charge in [-0.3, -0.25) is 0 Å². The van der Waals surface area contributed by atoms with Crippen LogP contribution in [0.5, 0.6) is 0 Å². The third-order valence-corrected chi connectivity index (χ3v) is 33.1. The van der Waals surface area contributed by atoms with Gasteiger partial charge in [0.05, 0.1) is 0 Å². The van der Waals surface area contributed by atoms with Gasteiger partial charge in [0.1, 0.15) is 0 Å². The van der Waals surface area contributed by atoms with Gasteiger partial charge in [-0.2, -0.15) is 0 Å². The Bertz CT molecular complexity index is 1640. The maximum absolute atomic E-state index is 5.61. The molecule has 0 radical (unpaired) electrons. The SMILES string of the molecule is Cl.Cl.[CH2]=[Hf]([C]1=CC=CC1)([c]1cccc(C)c1)([c]1cccc(C)c1)[c]1c(C)ccc2c1Cc1cc(C)ccc1-2. The summed E-state index contributed by atoms with van der Waals surface area (Å²) in [5.74, 6) is 0. The number of hydrogen-bond acceptors (Lipinski definition) is 0. The van der Waals surface area contributed by atoms with Crippen molar-refractivity contribution in [1.82, 2.24) is 0 Å². The second-order valence-electron chi connectivity index (χ2n) is 11.1. The predicted molar refractivity (Wildman–Crippen MR) is 169 cm³/mol. The third kappa shape index (κ3) is 4.01. The molecule has 4 aromatic carbocycles. The van der Waals surface area contributed by atoms with E-state index in [1.165, 1.54) is 51.1 Å². The van der Waals surface area contributed by atoms with Crippen LogP contribution in [0.1, 0.15) is 39.8 Å². The van der Waals surface area contributed by atoms with Crippen LogP contribution in [0.25, 0.3) is 11.1 Å². The zero-order chi connectivity index (χ0) is 25.1. The van der Waals surface area contributed by atoms with E-state index in [1.807, 2.05) is 0 Å². The van der Waals surface area contributed by atoms with Gasteiger partial charge in [-0.1, -0.05) is 0 Å². The molecule has 0 unspecified atom stereocenters. The van der Waals surface area contributed by atoms with Crippen molar-refractivity contribution in [3.8, 4) is 11.1 Å². The van der Waals surface area contributed by atoms with Crippen LogP contribution in [0, 0.1) is 27.7 Å². The first-order chi connectivity index (χ1) is 17.3. The fourth-order valence-corrected chi connectivity index (χ4v) is 31.8. The summed E-state index contributed by atoms with van der Waals surface area (Å²) in [6.45, 7) is 8.99. The molecule has 0 aliphatic heterocycles. The van der Waals surface area contributed by atoms with Crippen molar-refractivity contribution in [2.75, 3.05) is 0 Å². The number of benzene rings is 4. The van der Waals surface area contributed by atoms with Crippen molar-refractivity contribution < 1.29 is 18.0 Å². The molecule has 0 fully saturated rings. The fourth-order valence-electron chi connectivity index (χ4n) is 7.11. The molecule has 0 bridgehead atoms. The standard InChI is InChI=1S/C15H13.2C7H7.C5H5.CH2.2ClH.Hf/c1-10-3-5-14-12(7-10)9-13-8-11(2)4-6-15(13)14;2*1-7-5-3-2-4-6-7;1-2-4-5-3-1;;;;/h3-7H,9H2,1-2H3;2*2-3,5-6H,1H3;1-3H,4H2;1H2;2*1H;. The van der Waals surface area contributed by atoms with Gasteiger partial charge < -0.3 is 0 Å². The van der Waals surface area contributed by atoms with Crippen LogP contribution >= 0.6 is 24.8 Å². The molecule has 0 nitrogen and oxygen atoms in total. The normalized spacial score (nSPS) is 13.8. The average Bonchev–Trinajstić information content (AvgIpc) is 3.52. The van der Waals surface area contributed by atoms with Gasteiger partial charge >= 0.3 is 218 Å². The van der Waals surface area contributed by atoms with Crippen LogP contribution in [-0.2, 0) is 24.4 Å². The molecule has 6 rings (SSSR count). The van der Waals surface area contributed by atoms with Crippen molar-refractivity contribution >= 4 is 39.0 Å². The molecule has 0 N–H and O–H groups in total. The molecule has 0 saturated heterocycles. The molecule has 2 aliphatic rings. The van der Waals surface area contributed by atoms with Gasteiger partial charge in [-0.25, -0.2) is 0 Å². The first-order valence-corrected chi connectivity index (χ1v) is 22.8. The fraction of sp³-hybridized carbons (Fsp3) is 0.171. The zero-order valence-corrected chi connectivity index (χ0v) is 27.9. The number of rotatable bonds is 4. The average molecular weight is 706 g/mol. The molecule has 2 aliphatic carbocycles. The van der Waals surface area contributed by atoms with Crippen molar-refractivity contribution in [3.05, 3.63) is 134 Å². The Hall–Kier alpha value is -2.32. The van der Waals surface area contributed by atoms with Gasteiger partial charge in [-0.15, -0.1) is 24.8 Å². The van der Waals surface area contributed by atoms with E-state index in [9.17, 15) is 0 Å². The van der Waals surface area contributed by atoms with Gasteiger partial charge in [0.2, 0.25) is 0 Å². The molecule has 3 heteroatoms. The number of aryl methyl sites for hydroxylation is 4. The van der Waals surface area contributed by atoms with Gasteiger partial charge in [-0.05, 0) is 0 Å². The number of fused-ring (bicyclic) bond motifs is 3. The van der Waals surface area contributed by atoms with Crippen LogP contribution in [-0.4, -0.2) is 4.26 Å². The monoisotopic (exact) mass is 706 g/mol. The van der Waals surface area contributed by atoms with E-state index in [-0.39, 0.29) is 24.8 Å². The minimum atomic E-state index is -4.77. The molecule has 38 heavy (non-hydrogen) atoms. The van der Waals surface area contributed by atoms with Crippen LogP contribution in [0.2, 0.25) is 0 Å². The predicted octanol–water partition coefficient (Wildman–Crippen LogP) is 7.58. The van der Waals surface area contributed by atoms with Gasteiger partial charge in [0.25, 0.3) is 0 Å². The summed E-state index contributed by atoms with van der Waals surface area (Å²) in [7, 11) is 0. The van der Waals surface area contributed by atoms with Crippen LogP contribution in [0.4, 0.5) is 0 Å². The van der Waals surface area contributed by atoms with E-state index in [1.54, 1.807) is 6.65 Å². The quantitative estimate of drug-likeness (QED) is 0.169. The molecular weight excluding hydrogens is 670 g/mol. The Balaban J connectivity index is 0.00000168. The number of allylic oxidation sites excluding steroid dienone is 4. The third-order valence-electron chi connectivity index (χ3n) is 8.78. The summed E-state index contributed by atoms with van der Waals surface area (Å²) in [4.78, 5) is 0. The van der Waals surface area contributed by atoms with E-state index >= 15 is 0 Å². The Morgan fingerprint density at radius 1 is 0.684 bits per heavy atom. The molecule has 0 aromatic heterocycles. The molecule has 0 heterocycles. The minimum absolute atomic E-state index is 0. The Labute approximate surface area is 240 Å². The maximum atomic E-state index is 5.61. The molecule has 4 aromatic rings. The van der Waals surface area contributed by atoms with E-state index in [0.29, 0.717) is 0 Å². The second kappa shape index (κ2) is 10.3. The van der Waals surface area contributed by atoms with Crippen molar-refractivity contribution in [1.29, 1.82) is 0 Å². The molecule has 0 saturated carbocycles. The van der Waals surface area contributed by atoms with Crippen molar-refractivity contribution in [2.24, 2.45) is 0 Å². The van der Waals surface area contributed by atoms with Crippen LogP contribution in [0.3, 0.4) is 0 Å². The molecule has 0 atom stereocenters. The summed E-state index contributed by atoms with van der Waals surface area (Å²) >= 11 is -4.77. The molecule has 0 spiro atoms. The number of halogens is 2. The topological polar surface area (TPSA) is 0 Å². The summed E-state index contributed by atoms with van der Waals surface area (Å²) in [5, 5.41) is 0. The van der Waals surface area contributed by atoms with E-state index in [4.69, 9.17) is 4.26 Å². The Morgan fingerprint density at radius 2 is 1.29 bits per heavy atom. The first kappa shape index (κ1) is 28.7. The second-order valence-corrected chi connectivity index (χ2v) is 29.9. The van der Waals surface area contributed by atoms with Crippen molar-refractivity contribution in [2.45, 2.75) is 40.5 Å². The first-order valence-electron chi connectivity index (χ1n) is 13.1. The van der Waals surface area contributed by atoms with Crippen molar-refractivity contribution in [3.63, 3.8) is 0 Å². The number of hydrogen-bond donors (Lipinski definition) is 0. The summed E-state index contributed by atoms with van der Waals surface area (Å²) < 4.78 is 11.6. The Kier molecular flexibility index (Phi) is 7.80. The summed E-state index contributed by atoms with van der Waals surface area (Å²) in [6, 6.07) is 30.4. The van der Waals surface area contributed by atoms with E-state index in [0.717, 1.165) is 12.8 Å². The van der Waals surface area contributed by atoms with Gasteiger partial charge in [0, 0.05) is 0 Å². The molecular formula is C35H36Cl2Hf. The van der Waals surface area contributed by atoms with Crippen LogP contribution < -0.4 is 9.96 Å². The summed E-state index contributed by atoms with van der Waals surface area (Å²) in [5.41, 5.74) is 11.1. The Morgan fingerprint density at radius 3 is 1.87 bits per heavy atom. The van der Waals surface area contributed by atoms with E-state index < -0.39 is 18.0 Å².